The molecule has 0 radical (unpaired) electrons. The summed E-state index contributed by atoms with van der Waals surface area (Å²) >= 11 is 1.70. The van der Waals surface area contributed by atoms with Gasteiger partial charge in [-0.3, -0.25) is 25.0 Å². The molecule has 402 valence electrons. The largest absolute Gasteiger partial charge is 0.493 e. The smallest absolute Gasteiger partial charge is 0.269 e. The Bertz CT molecular complexity index is 2970. The van der Waals surface area contributed by atoms with Gasteiger partial charge in [0, 0.05) is 78.7 Å². The molecule has 6 unspecified atom stereocenters. The van der Waals surface area contributed by atoms with Gasteiger partial charge in [-0.05, 0) is 133 Å². The number of oxime groups is 1. The van der Waals surface area contributed by atoms with E-state index >= 15 is 4.79 Å². The number of carbonyl (C=O) groups is 1. The number of nitro groups is 2. The highest BCUT2D eigenvalue weighted by Gasteiger charge is 2.65. The van der Waals surface area contributed by atoms with E-state index in [0.717, 1.165) is 41.7 Å². The molecule has 17 nitrogen and oxygen atoms in total. The molecule has 0 spiro atoms. The van der Waals surface area contributed by atoms with Crippen molar-refractivity contribution in [2.24, 2.45) is 22.9 Å². The molecular weight excluding hydrogens is 1000 g/mol. The minimum atomic E-state index is -1.61. The number of hydrogen-bond donors (Lipinski definition) is 2. The highest BCUT2D eigenvalue weighted by molar-refractivity contribution is 7.99. The SMILES string of the molecule is C=CCOC12Oc3ccc(OCCSc4ccccc4)cc3C3C(CCCCO)C(CCCCO)C=C(C(=NOCc4ccc([N+](=O)[O-])cc4)CC1N(Cc1ccc4c(c1)OCO4)C(=O)C=Cc1ccc([N+](=O)[O-])cc1)C32. The molecule has 1 fully saturated rings. The van der Waals surface area contributed by atoms with Gasteiger partial charge in [-0.2, -0.15) is 0 Å². The van der Waals surface area contributed by atoms with E-state index in [2.05, 4.69) is 30.9 Å². The van der Waals surface area contributed by atoms with Crippen molar-refractivity contribution in [2.45, 2.75) is 80.7 Å². The minimum absolute atomic E-state index is 0.0181. The number of amides is 1. The number of thioether (sulfide) groups is 1. The van der Waals surface area contributed by atoms with E-state index in [0.29, 0.717) is 70.6 Å². The lowest BCUT2D eigenvalue weighted by Gasteiger charge is -2.60. The molecule has 77 heavy (non-hydrogen) atoms. The van der Waals surface area contributed by atoms with Crippen LogP contribution in [0, 0.1) is 38.0 Å². The van der Waals surface area contributed by atoms with Crippen LogP contribution in [-0.2, 0) is 27.5 Å². The fourth-order valence-corrected chi connectivity index (χ4v) is 11.8. The molecule has 2 heterocycles. The number of rotatable bonds is 26. The maximum Gasteiger partial charge on any atom is 0.269 e. The van der Waals surface area contributed by atoms with E-state index < -0.39 is 33.5 Å². The topological polar surface area (TPSA) is 215 Å². The Labute approximate surface area is 451 Å². The van der Waals surface area contributed by atoms with Crippen LogP contribution in [0.5, 0.6) is 23.0 Å². The predicted molar refractivity (Wildman–Crippen MR) is 291 cm³/mol. The number of non-ortho nitro benzene ring substituents is 2. The Morgan fingerprint density at radius 1 is 0.844 bits per heavy atom. The van der Waals surface area contributed by atoms with Gasteiger partial charge in [0.1, 0.15) is 24.1 Å². The first-order chi connectivity index (χ1) is 37.6. The van der Waals surface area contributed by atoms with Crippen LogP contribution in [0.15, 0.2) is 156 Å². The van der Waals surface area contributed by atoms with Crippen LogP contribution in [0.4, 0.5) is 11.4 Å². The van der Waals surface area contributed by atoms with Crippen LogP contribution in [0.2, 0.25) is 0 Å². The molecule has 0 bridgehead atoms. The Morgan fingerprint density at radius 2 is 1.55 bits per heavy atom. The maximum atomic E-state index is 15.4. The van der Waals surface area contributed by atoms with Crippen molar-refractivity contribution in [3.8, 4) is 23.0 Å². The van der Waals surface area contributed by atoms with Crippen LogP contribution in [-0.4, -0.2) is 87.4 Å². The molecule has 6 atom stereocenters. The molecule has 0 aromatic heterocycles. The van der Waals surface area contributed by atoms with Crippen molar-refractivity contribution < 1.29 is 53.4 Å². The lowest BCUT2D eigenvalue weighted by atomic mass is 9.55. The highest BCUT2D eigenvalue weighted by atomic mass is 32.2. The second-order valence-corrected chi connectivity index (χ2v) is 20.5. The van der Waals surface area contributed by atoms with E-state index in [-0.39, 0.29) is 75.3 Å². The van der Waals surface area contributed by atoms with Gasteiger partial charge < -0.3 is 43.6 Å². The minimum Gasteiger partial charge on any atom is -0.493 e. The first-order valence-corrected chi connectivity index (χ1v) is 26.9. The van der Waals surface area contributed by atoms with Gasteiger partial charge in [0.05, 0.1) is 34.7 Å². The van der Waals surface area contributed by atoms with E-state index in [9.17, 15) is 30.4 Å². The molecule has 2 aliphatic heterocycles. The summed E-state index contributed by atoms with van der Waals surface area (Å²) in [6.45, 7) is 4.66. The van der Waals surface area contributed by atoms with Crippen LogP contribution in [0.3, 0.4) is 0 Å². The average Bonchev–Trinajstić information content (AvgIpc) is 4.01. The van der Waals surface area contributed by atoms with Crippen LogP contribution < -0.4 is 18.9 Å². The summed E-state index contributed by atoms with van der Waals surface area (Å²) < 4.78 is 32.7. The van der Waals surface area contributed by atoms with Crippen molar-refractivity contribution in [1.82, 2.24) is 4.90 Å². The number of fused-ring (bicyclic) bond motifs is 3. The monoisotopic (exact) mass is 1070 g/mol. The zero-order chi connectivity index (χ0) is 53.7. The summed E-state index contributed by atoms with van der Waals surface area (Å²) in [4.78, 5) is 46.7. The number of nitro benzene ring substituents is 2. The summed E-state index contributed by atoms with van der Waals surface area (Å²) in [5.41, 5.74) is 4.04. The van der Waals surface area contributed by atoms with Crippen molar-refractivity contribution >= 4 is 40.8 Å². The Morgan fingerprint density at radius 3 is 2.27 bits per heavy atom. The summed E-state index contributed by atoms with van der Waals surface area (Å²) in [5, 5.41) is 48.2. The van der Waals surface area contributed by atoms with Crippen molar-refractivity contribution in [2.75, 3.05) is 39.0 Å². The van der Waals surface area contributed by atoms with E-state index in [1.165, 1.54) is 30.3 Å². The lowest BCUT2D eigenvalue weighted by molar-refractivity contribution is -0.385. The van der Waals surface area contributed by atoms with Gasteiger partial charge in [0.2, 0.25) is 18.5 Å². The molecule has 5 aromatic rings. The molecular formula is C59H62N4O13S. The van der Waals surface area contributed by atoms with Crippen molar-refractivity contribution in [3.05, 3.63) is 188 Å². The number of ether oxygens (including phenoxy) is 5. The number of carbonyl (C=O) groups excluding carboxylic acids is 1. The molecule has 18 heteroatoms. The molecule has 5 aromatic carbocycles. The molecule has 2 aliphatic carbocycles. The van der Waals surface area contributed by atoms with Crippen LogP contribution in [0.1, 0.15) is 73.1 Å². The Balaban J connectivity index is 1.20. The van der Waals surface area contributed by atoms with Crippen molar-refractivity contribution in [3.63, 3.8) is 0 Å². The summed E-state index contributed by atoms with van der Waals surface area (Å²) in [6, 6.07) is 32.6. The Hall–Kier alpha value is -7.51. The molecule has 0 saturated heterocycles. The van der Waals surface area contributed by atoms with Gasteiger partial charge >= 0.3 is 0 Å². The van der Waals surface area contributed by atoms with Crippen LogP contribution >= 0.6 is 11.8 Å². The van der Waals surface area contributed by atoms with Gasteiger partial charge in [-0.1, -0.05) is 54.4 Å². The van der Waals surface area contributed by atoms with Gasteiger partial charge in [0.25, 0.3) is 11.4 Å². The van der Waals surface area contributed by atoms with E-state index in [1.54, 1.807) is 59.1 Å². The summed E-state index contributed by atoms with van der Waals surface area (Å²) in [7, 11) is 0. The molecule has 1 amide bonds. The van der Waals surface area contributed by atoms with Gasteiger partial charge in [-0.15, -0.1) is 18.3 Å². The maximum absolute atomic E-state index is 15.4. The molecule has 1 saturated carbocycles. The predicted octanol–water partition coefficient (Wildman–Crippen LogP) is 11.0. The second kappa shape index (κ2) is 25.6. The number of unbranched alkanes of at least 4 members (excludes halogenated alkanes) is 2. The average molecular weight is 1070 g/mol. The third kappa shape index (κ3) is 12.7. The fraction of sp³-hybridized carbons (Fsp3) is 0.356. The summed E-state index contributed by atoms with van der Waals surface area (Å²) in [6.07, 6.45) is 11.1. The standard InChI is InChI=1S/C59H62N4O13S/c1-2-30-74-59-55(61(37-42-18-25-53-54(33-42)73-39-72-53)56(66)27-19-40-14-20-44(21-15-40)62(67)68)36-51(60-75-38-41-16-22-45(23-17-41)63(69)70)49-34-43(10-6-8-28-64)48(13-7-9-29-65)57(58(49)59)50-35-46(24-26-52(50)76-59)71-31-32-77-47-11-4-3-5-12-47/h2-5,11-12,14-27,33-35,43,48,55,57-58,64-65H,1,6-10,13,28-32,36-39H2. The number of allylic oxidation sites excluding steroid dienone is 1. The third-order valence-electron chi connectivity index (χ3n) is 14.5. The normalized spacial score (nSPS) is 21.4. The first-order valence-electron chi connectivity index (χ1n) is 25.9. The number of aliphatic hydroxyl groups excluding tert-OH is 2. The fourth-order valence-electron chi connectivity index (χ4n) is 11.0. The van der Waals surface area contributed by atoms with Crippen LogP contribution in [0.25, 0.3) is 6.08 Å². The quantitative estimate of drug-likeness (QED) is 0.0132. The zero-order valence-corrected chi connectivity index (χ0v) is 43.4. The van der Waals surface area contributed by atoms with E-state index in [4.69, 9.17) is 33.7 Å². The number of hydrogen-bond acceptors (Lipinski definition) is 15. The Kier molecular flexibility index (Phi) is 18.0. The van der Waals surface area contributed by atoms with Gasteiger partial charge in [0.15, 0.2) is 11.5 Å². The highest BCUT2D eigenvalue weighted by Crippen LogP contribution is 2.62. The molecule has 9 rings (SSSR count). The number of nitrogens with zero attached hydrogens (tertiary/aromatic N) is 4. The lowest BCUT2D eigenvalue weighted by Crippen LogP contribution is -2.70. The third-order valence-corrected chi connectivity index (χ3v) is 15.5. The number of benzene rings is 5. The number of aliphatic hydroxyl groups is 2. The summed E-state index contributed by atoms with van der Waals surface area (Å²) in [5.74, 6) is -0.109. The van der Waals surface area contributed by atoms with E-state index in [1.807, 2.05) is 42.5 Å². The molecule has 4 aliphatic rings. The first kappa shape index (κ1) is 54.3. The zero-order valence-electron chi connectivity index (χ0n) is 42.6. The van der Waals surface area contributed by atoms with Crippen molar-refractivity contribution in [1.29, 1.82) is 0 Å². The molecule has 2 N–H and O–H groups in total. The van der Waals surface area contributed by atoms with Gasteiger partial charge in [-0.25, -0.2) is 0 Å². The second-order valence-electron chi connectivity index (χ2n) is 19.3.